The molecule has 1 aliphatic rings. The summed E-state index contributed by atoms with van der Waals surface area (Å²) in [6, 6.07) is 10.2. The minimum Gasteiger partial charge on any atom is -0.433 e. The van der Waals surface area contributed by atoms with Crippen molar-refractivity contribution in [1.29, 1.82) is 0 Å². The van der Waals surface area contributed by atoms with E-state index in [1.165, 1.54) is 12.5 Å². The van der Waals surface area contributed by atoms with Crippen LogP contribution < -0.4 is 0 Å². The maximum atomic E-state index is 11.1. The maximum absolute atomic E-state index is 11.1. The van der Waals surface area contributed by atoms with E-state index in [1.807, 2.05) is 25.1 Å². The average molecular weight is 234 g/mol. The van der Waals surface area contributed by atoms with Crippen molar-refractivity contribution >= 4 is 5.97 Å². The van der Waals surface area contributed by atoms with E-state index in [2.05, 4.69) is 12.1 Å². The standard InChI is InChI=1S/C14H18O3/c1-3-16-14(17-11(2)15)10-13(14)9-12-7-5-4-6-8-12/h4-8,13H,3,9-10H2,1-2H3/t13-,14-/m1/s1. The Kier molecular flexibility index (Phi) is 3.48. The van der Waals surface area contributed by atoms with Gasteiger partial charge < -0.3 is 9.47 Å². The Labute approximate surface area is 102 Å². The molecule has 3 heteroatoms. The number of carbonyl (C=O) groups excluding carboxylic acids is 1. The number of esters is 1. The number of ether oxygens (including phenoxy) is 2. The van der Waals surface area contributed by atoms with Gasteiger partial charge in [-0.05, 0) is 18.9 Å². The SMILES string of the molecule is CCO[C@@]1(OC(C)=O)C[C@H]1Cc1ccccc1. The Balaban J connectivity index is 1.98. The number of rotatable bonds is 5. The highest BCUT2D eigenvalue weighted by molar-refractivity contribution is 5.66. The zero-order valence-corrected chi connectivity index (χ0v) is 10.3. The van der Waals surface area contributed by atoms with Crippen LogP contribution in [0, 0.1) is 5.92 Å². The summed E-state index contributed by atoms with van der Waals surface area (Å²) in [7, 11) is 0. The molecule has 2 atom stereocenters. The van der Waals surface area contributed by atoms with Crippen molar-refractivity contribution in [2.45, 2.75) is 32.5 Å². The average Bonchev–Trinajstić information content (AvgIpc) is 2.91. The van der Waals surface area contributed by atoms with Crippen LogP contribution in [0.1, 0.15) is 25.8 Å². The van der Waals surface area contributed by atoms with Crippen LogP contribution in [-0.4, -0.2) is 18.4 Å². The molecule has 92 valence electrons. The molecule has 0 spiro atoms. The molecule has 2 rings (SSSR count). The molecule has 0 saturated heterocycles. The molecule has 3 nitrogen and oxygen atoms in total. The van der Waals surface area contributed by atoms with E-state index in [1.54, 1.807) is 0 Å². The van der Waals surface area contributed by atoms with E-state index < -0.39 is 5.79 Å². The van der Waals surface area contributed by atoms with Gasteiger partial charge in [-0.25, -0.2) is 0 Å². The minimum atomic E-state index is -0.656. The molecule has 0 bridgehead atoms. The van der Waals surface area contributed by atoms with E-state index >= 15 is 0 Å². The molecule has 0 unspecified atom stereocenters. The summed E-state index contributed by atoms with van der Waals surface area (Å²) < 4.78 is 10.9. The first-order valence-electron chi connectivity index (χ1n) is 6.04. The first-order chi connectivity index (χ1) is 8.16. The Morgan fingerprint density at radius 1 is 1.41 bits per heavy atom. The van der Waals surface area contributed by atoms with Gasteiger partial charge in [0.2, 0.25) is 5.79 Å². The Morgan fingerprint density at radius 3 is 2.71 bits per heavy atom. The van der Waals surface area contributed by atoms with Crippen molar-refractivity contribution in [2.75, 3.05) is 6.61 Å². The molecule has 1 aromatic carbocycles. The van der Waals surface area contributed by atoms with Crippen molar-refractivity contribution in [1.82, 2.24) is 0 Å². The molecule has 1 fully saturated rings. The van der Waals surface area contributed by atoms with Crippen molar-refractivity contribution in [2.24, 2.45) is 5.92 Å². The number of hydrogen-bond donors (Lipinski definition) is 0. The summed E-state index contributed by atoms with van der Waals surface area (Å²) in [4.78, 5) is 11.1. The normalized spacial score (nSPS) is 26.6. The maximum Gasteiger partial charge on any atom is 0.305 e. The van der Waals surface area contributed by atoms with Crippen LogP contribution in [0.15, 0.2) is 30.3 Å². The Morgan fingerprint density at radius 2 is 2.12 bits per heavy atom. The second kappa shape index (κ2) is 4.88. The van der Waals surface area contributed by atoms with Gasteiger partial charge in [-0.15, -0.1) is 0 Å². The largest absolute Gasteiger partial charge is 0.433 e. The van der Waals surface area contributed by atoms with Gasteiger partial charge in [0.25, 0.3) is 0 Å². The van der Waals surface area contributed by atoms with E-state index in [0.717, 1.165) is 12.8 Å². The predicted octanol–water partition coefficient (Wildman–Crippen LogP) is 2.54. The van der Waals surface area contributed by atoms with Crippen LogP contribution in [0.5, 0.6) is 0 Å². The monoisotopic (exact) mass is 234 g/mol. The van der Waals surface area contributed by atoms with E-state index in [4.69, 9.17) is 9.47 Å². The summed E-state index contributed by atoms with van der Waals surface area (Å²) >= 11 is 0. The van der Waals surface area contributed by atoms with Crippen molar-refractivity contribution in [3.8, 4) is 0 Å². The van der Waals surface area contributed by atoms with E-state index in [0.29, 0.717) is 6.61 Å². The molecule has 1 aliphatic carbocycles. The lowest BCUT2D eigenvalue weighted by Gasteiger charge is -2.17. The van der Waals surface area contributed by atoms with Gasteiger partial charge in [0, 0.05) is 25.9 Å². The van der Waals surface area contributed by atoms with Gasteiger partial charge in [-0.3, -0.25) is 4.79 Å². The first kappa shape index (κ1) is 12.1. The van der Waals surface area contributed by atoms with Crippen molar-refractivity contribution < 1.29 is 14.3 Å². The van der Waals surface area contributed by atoms with Crippen LogP contribution in [-0.2, 0) is 20.7 Å². The van der Waals surface area contributed by atoms with Crippen LogP contribution >= 0.6 is 0 Å². The fourth-order valence-electron chi connectivity index (χ4n) is 2.23. The lowest BCUT2D eigenvalue weighted by molar-refractivity contribution is -0.190. The third-order valence-corrected chi connectivity index (χ3v) is 3.02. The lowest BCUT2D eigenvalue weighted by atomic mass is 10.1. The third kappa shape index (κ3) is 2.86. The quantitative estimate of drug-likeness (QED) is 0.580. The van der Waals surface area contributed by atoms with Crippen LogP contribution in [0.25, 0.3) is 0 Å². The summed E-state index contributed by atoms with van der Waals surface area (Å²) in [5, 5.41) is 0. The van der Waals surface area contributed by atoms with Gasteiger partial charge >= 0.3 is 5.97 Å². The predicted molar refractivity (Wildman–Crippen MR) is 64.4 cm³/mol. The fraction of sp³-hybridized carbons (Fsp3) is 0.500. The smallest absolute Gasteiger partial charge is 0.305 e. The van der Waals surface area contributed by atoms with Crippen LogP contribution in [0.3, 0.4) is 0 Å². The van der Waals surface area contributed by atoms with Gasteiger partial charge in [-0.1, -0.05) is 30.3 Å². The Bertz CT molecular complexity index is 388. The number of carbonyl (C=O) groups is 1. The summed E-state index contributed by atoms with van der Waals surface area (Å²) in [5.41, 5.74) is 1.26. The molecule has 17 heavy (non-hydrogen) atoms. The minimum absolute atomic E-state index is 0.269. The second-order valence-electron chi connectivity index (χ2n) is 4.43. The van der Waals surface area contributed by atoms with Gasteiger partial charge in [0.05, 0.1) is 0 Å². The molecule has 0 aromatic heterocycles. The highest BCUT2D eigenvalue weighted by Crippen LogP contribution is 2.49. The van der Waals surface area contributed by atoms with Gasteiger partial charge in [0.15, 0.2) is 0 Å². The first-order valence-corrected chi connectivity index (χ1v) is 6.04. The van der Waals surface area contributed by atoms with Crippen molar-refractivity contribution in [3.05, 3.63) is 35.9 Å². The second-order valence-corrected chi connectivity index (χ2v) is 4.43. The van der Waals surface area contributed by atoms with Crippen LogP contribution in [0.4, 0.5) is 0 Å². The molecule has 0 aliphatic heterocycles. The molecule has 0 heterocycles. The molecule has 1 saturated carbocycles. The Hall–Kier alpha value is -1.35. The lowest BCUT2D eigenvalue weighted by Crippen LogP contribution is -2.25. The van der Waals surface area contributed by atoms with Crippen molar-refractivity contribution in [3.63, 3.8) is 0 Å². The van der Waals surface area contributed by atoms with E-state index in [-0.39, 0.29) is 11.9 Å². The molecule has 1 aromatic rings. The molecule has 0 radical (unpaired) electrons. The summed E-state index contributed by atoms with van der Waals surface area (Å²) in [6.45, 7) is 3.92. The number of benzene rings is 1. The zero-order chi connectivity index (χ0) is 12.3. The molecule has 0 N–H and O–H groups in total. The molecular formula is C14H18O3. The summed E-state index contributed by atoms with van der Waals surface area (Å²) in [5.74, 6) is -0.640. The molecular weight excluding hydrogens is 216 g/mol. The molecule has 0 amide bonds. The zero-order valence-electron chi connectivity index (χ0n) is 10.3. The highest BCUT2D eigenvalue weighted by Gasteiger charge is 2.58. The fourth-order valence-corrected chi connectivity index (χ4v) is 2.23. The van der Waals surface area contributed by atoms with Crippen LogP contribution in [0.2, 0.25) is 0 Å². The topological polar surface area (TPSA) is 35.5 Å². The third-order valence-electron chi connectivity index (χ3n) is 3.02. The van der Waals surface area contributed by atoms with Gasteiger partial charge in [-0.2, -0.15) is 0 Å². The van der Waals surface area contributed by atoms with E-state index in [9.17, 15) is 4.79 Å². The summed E-state index contributed by atoms with van der Waals surface area (Å²) in [6.07, 6.45) is 1.70. The number of hydrogen-bond acceptors (Lipinski definition) is 3. The highest BCUT2D eigenvalue weighted by atomic mass is 16.7. The van der Waals surface area contributed by atoms with Gasteiger partial charge in [0.1, 0.15) is 0 Å².